The molecule has 0 aliphatic heterocycles. The predicted molar refractivity (Wildman–Crippen MR) is 41.2 cm³/mol. The maximum atomic E-state index is 8.40. The standard InChI is InChI=1S/C8H10O2.Ru.2H/c9-6-7-10-8-4-2-1-3-5-8;;;/h1-5,9H,6-7H2;;;/q;+2;2*-1. The number of rotatable bonds is 3. The van der Waals surface area contributed by atoms with Gasteiger partial charge in [0.1, 0.15) is 12.4 Å². The van der Waals surface area contributed by atoms with Crippen LogP contribution in [-0.2, 0) is 19.5 Å². The van der Waals surface area contributed by atoms with Crippen LogP contribution in [0.5, 0.6) is 5.75 Å². The van der Waals surface area contributed by atoms with Gasteiger partial charge in [0.2, 0.25) is 0 Å². The number of para-hydroxylation sites is 1. The van der Waals surface area contributed by atoms with Crippen LogP contribution in [0.2, 0.25) is 0 Å². The van der Waals surface area contributed by atoms with Gasteiger partial charge < -0.3 is 12.7 Å². The van der Waals surface area contributed by atoms with Gasteiger partial charge in [0.15, 0.2) is 0 Å². The van der Waals surface area contributed by atoms with Gasteiger partial charge in [0.05, 0.1) is 6.61 Å². The molecule has 1 aromatic rings. The van der Waals surface area contributed by atoms with E-state index in [4.69, 9.17) is 9.84 Å². The zero-order chi connectivity index (χ0) is 7.23. The summed E-state index contributed by atoms with van der Waals surface area (Å²) in [6.45, 7) is 0.429. The molecule has 0 radical (unpaired) electrons. The van der Waals surface area contributed by atoms with E-state index in [1.165, 1.54) is 0 Å². The molecule has 0 saturated carbocycles. The minimum Gasteiger partial charge on any atom is -1.00 e. The summed E-state index contributed by atoms with van der Waals surface area (Å²) < 4.78 is 5.11. The van der Waals surface area contributed by atoms with Crippen LogP contribution in [0.4, 0.5) is 0 Å². The summed E-state index contributed by atoms with van der Waals surface area (Å²) in [4.78, 5) is 0. The third kappa shape index (κ3) is 4.12. The van der Waals surface area contributed by atoms with Crippen LogP contribution in [0, 0.1) is 0 Å². The van der Waals surface area contributed by atoms with Crippen molar-refractivity contribution >= 4 is 0 Å². The molecule has 64 valence electrons. The molecule has 0 heterocycles. The van der Waals surface area contributed by atoms with E-state index in [0.717, 1.165) is 5.75 Å². The number of aliphatic hydroxyl groups is 1. The first-order valence-electron chi connectivity index (χ1n) is 3.22. The molecule has 0 aliphatic carbocycles. The minimum atomic E-state index is 0. The van der Waals surface area contributed by atoms with E-state index in [0.29, 0.717) is 6.61 Å². The van der Waals surface area contributed by atoms with Crippen LogP contribution in [0.1, 0.15) is 2.85 Å². The van der Waals surface area contributed by atoms with Crippen molar-refractivity contribution in [1.29, 1.82) is 0 Å². The van der Waals surface area contributed by atoms with Crippen molar-refractivity contribution in [3.63, 3.8) is 0 Å². The Kier molecular flexibility index (Phi) is 6.09. The molecule has 0 amide bonds. The largest absolute Gasteiger partial charge is 2.00 e. The molecular formula is C8H12O2Ru. The van der Waals surface area contributed by atoms with Crippen molar-refractivity contribution in [3.8, 4) is 5.75 Å². The van der Waals surface area contributed by atoms with E-state index in [1.807, 2.05) is 30.3 Å². The fraction of sp³-hybridized carbons (Fsp3) is 0.250. The second-order valence-corrected chi connectivity index (χ2v) is 1.89. The number of benzene rings is 1. The molecule has 0 atom stereocenters. The number of hydrogen-bond acceptors (Lipinski definition) is 2. The van der Waals surface area contributed by atoms with Gasteiger partial charge in [0.25, 0.3) is 0 Å². The van der Waals surface area contributed by atoms with Crippen LogP contribution in [0.3, 0.4) is 0 Å². The zero-order valence-electron chi connectivity index (χ0n) is 8.01. The van der Waals surface area contributed by atoms with E-state index < -0.39 is 0 Å². The molecule has 1 N–H and O–H groups in total. The number of ether oxygens (including phenoxy) is 1. The van der Waals surface area contributed by atoms with Crippen LogP contribution in [0.25, 0.3) is 0 Å². The predicted octanol–water partition coefficient (Wildman–Crippen LogP) is 1.28. The summed E-state index contributed by atoms with van der Waals surface area (Å²) >= 11 is 0. The Labute approximate surface area is 81.9 Å². The first kappa shape index (κ1) is 10.6. The van der Waals surface area contributed by atoms with Gasteiger partial charge in [-0.3, -0.25) is 0 Å². The summed E-state index contributed by atoms with van der Waals surface area (Å²) in [7, 11) is 0. The van der Waals surface area contributed by atoms with Crippen molar-refractivity contribution < 1.29 is 32.2 Å². The molecular weight excluding hydrogens is 229 g/mol. The molecule has 0 aromatic heterocycles. The third-order valence-electron chi connectivity index (χ3n) is 1.10. The fourth-order valence-corrected chi connectivity index (χ4v) is 0.680. The van der Waals surface area contributed by atoms with Crippen molar-refractivity contribution in [2.75, 3.05) is 13.2 Å². The molecule has 2 nitrogen and oxygen atoms in total. The summed E-state index contributed by atoms with van der Waals surface area (Å²) in [6, 6.07) is 9.43. The molecule has 11 heavy (non-hydrogen) atoms. The first-order chi connectivity index (χ1) is 4.93. The van der Waals surface area contributed by atoms with Crippen molar-refractivity contribution in [2.24, 2.45) is 0 Å². The number of hydrogen-bond donors (Lipinski definition) is 1. The van der Waals surface area contributed by atoms with Gasteiger partial charge in [-0.2, -0.15) is 0 Å². The Balaban J connectivity index is -0.000000333. The summed E-state index contributed by atoms with van der Waals surface area (Å²) in [5, 5.41) is 8.40. The van der Waals surface area contributed by atoms with E-state index in [2.05, 4.69) is 0 Å². The fourth-order valence-electron chi connectivity index (χ4n) is 0.680. The zero-order valence-corrected chi connectivity index (χ0v) is 7.75. The molecule has 1 aromatic carbocycles. The van der Waals surface area contributed by atoms with Crippen LogP contribution < -0.4 is 4.74 Å². The Hall–Kier alpha value is -0.397. The van der Waals surface area contributed by atoms with Gasteiger partial charge in [-0.1, -0.05) is 18.2 Å². The molecule has 3 heteroatoms. The van der Waals surface area contributed by atoms with Crippen LogP contribution in [-0.4, -0.2) is 18.3 Å². The second-order valence-electron chi connectivity index (χ2n) is 1.89. The summed E-state index contributed by atoms with van der Waals surface area (Å²) in [5.74, 6) is 0.802. The second kappa shape index (κ2) is 6.32. The summed E-state index contributed by atoms with van der Waals surface area (Å²) in [6.07, 6.45) is 0. The maximum Gasteiger partial charge on any atom is 2.00 e. The molecule has 1 rings (SSSR count). The van der Waals surface area contributed by atoms with E-state index in [-0.39, 0.29) is 28.9 Å². The Morgan fingerprint density at radius 2 is 1.91 bits per heavy atom. The van der Waals surface area contributed by atoms with Crippen LogP contribution >= 0.6 is 0 Å². The van der Waals surface area contributed by atoms with Crippen molar-refractivity contribution in [1.82, 2.24) is 0 Å². The van der Waals surface area contributed by atoms with Gasteiger partial charge in [-0.25, -0.2) is 0 Å². The maximum absolute atomic E-state index is 8.40. The average molecular weight is 241 g/mol. The smallest absolute Gasteiger partial charge is 1.00 e. The van der Waals surface area contributed by atoms with Gasteiger partial charge in [-0.15, -0.1) is 0 Å². The van der Waals surface area contributed by atoms with E-state index >= 15 is 0 Å². The van der Waals surface area contributed by atoms with Gasteiger partial charge in [-0.05, 0) is 12.1 Å². The normalized spacial score (nSPS) is 8.45. The molecule has 0 fully saturated rings. The molecule has 0 aliphatic rings. The first-order valence-corrected chi connectivity index (χ1v) is 3.22. The molecule has 0 saturated heterocycles. The minimum absolute atomic E-state index is 0. The topological polar surface area (TPSA) is 29.5 Å². The monoisotopic (exact) mass is 242 g/mol. The van der Waals surface area contributed by atoms with Crippen LogP contribution in [0.15, 0.2) is 30.3 Å². The Bertz CT molecular complexity index is 185. The molecule has 0 spiro atoms. The summed E-state index contributed by atoms with van der Waals surface area (Å²) in [5.41, 5.74) is 0. The number of aliphatic hydroxyl groups excluding tert-OH is 1. The quantitative estimate of drug-likeness (QED) is 0.808. The average Bonchev–Trinajstić information content (AvgIpc) is 2.03. The Morgan fingerprint density at radius 3 is 2.45 bits per heavy atom. The molecule has 0 bridgehead atoms. The Morgan fingerprint density at radius 1 is 1.27 bits per heavy atom. The third-order valence-corrected chi connectivity index (χ3v) is 1.10. The van der Waals surface area contributed by atoms with E-state index in [9.17, 15) is 0 Å². The van der Waals surface area contributed by atoms with Gasteiger partial charge in [0, 0.05) is 0 Å². The molecule has 0 unspecified atom stereocenters. The van der Waals surface area contributed by atoms with Gasteiger partial charge >= 0.3 is 19.5 Å². The van der Waals surface area contributed by atoms with Crippen molar-refractivity contribution in [2.45, 2.75) is 0 Å². The van der Waals surface area contributed by atoms with E-state index in [1.54, 1.807) is 0 Å². The van der Waals surface area contributed by atoms with Crippen molar-refractivity contribution in [3.05, 3.63) is 30.3 Å². The SMILES string of the molecule is OCCOc1ccccc1.[H-].[H-].[Ru+2].